The minimum atomic E-state index is -0.873. The van der Waals surface area contributed by atoms with E-state index in [-0.39, 0.29) is 12.2 Å². The number of aliphatic carboxylic acids is 1. The molecule has 5 heteroatoms. The van der Waals surface area contributed by atoms with E-state index in [0.717, 1.165) is 21.1 Å². The van der Waals surface area contributed by atoms with Crippen LogP contribution in [0.4, 0.5) is 4.39 Å². The quantitative estimate of drug-likeness (QED) is 0.912. The van der Waals surface area contributed by atoms with E-state index in [9.17, 15) is 9.18 Å². The van der Waals surface area contributed by atoms with Crippen molar-refractivity contribution in [2.45, 2.75) is 13.3 Å². The second-order valence-corrected chi connectivity index (χ2v) is 4.69. The van der Waals surface area contributed by atoms with Gasteiger partial charge in [0.15, 0.2) is 0 Å². The van der Waals surface area contributed by atoms with Crippen LogP contribution in [-0.4, -0.2) is 16.1 Å². The summed E-state index contributed by atoms with van der Waals surface area (Å²) in [4.78, 5) is 15.7. The van der Waals surface area contributed by atoms with Crippen LogP contribution in [0.25, 0.3) is 10.6 Å². The monoisotopic (exact) mass is 251 g/mol. The van der Waals surface area contributed by atoms with Gasteiger partial charge < -0.3 is 5.11 Å². The van der Waals surface area contributed by atoms with Crippen LogP contribution in [0.5, 0.6) is 0 Å². The van der Waals surface area contributed by atoms with Gasteiger partial charge in [-0.1, -0.05) is 0 Å². The van der Waals surface area contributed by atoms with Crippen molar-refractivity contribution in [3.8, 4) is 10.6 Å². The first-order valence-electron chi connectivity index (χ1n) is 5.00. The Morgan fingerprint density at radius 1 is 1.41 bits per heavy atom. The van der Waals surface area contributed by atoms with Gasteiger partial charge in [0.1, 0.15) is 10.8 Å². The lowest BCUT2D eigenvalue weighted by Crippen LogP contribution is -1.99. The van der Waals surface area contributed by atoms with Gasteiger partial charge in [0.05, 0.1) is 12.1 Å². The van der Waals surface area contributed by atoms with Crippen LogP contribution in [0.1, 0.15) is 10.6 Å². The standard InChI is InChI=1S/C12H10FNO2S/c1-7-10(6-11(15)16)17-12(14-7)8-2-4-9(13)5-3-8/h2-5H,6H2,1H3,(H,15,16). The van der Waals surface area contributed by atoms with Crippen LogP contribution in [0, 0.1) is 12.7 Å². The fourth-order valence-electron chi connectivity index (χ4n) is 1.45. The van der Waals surface area contributed by atoms with Gasteiger partial charge in [-0.15, -0.1) is 11.3 Å². The minimum absolute atomic E-state index is 0.0231. The molecule has 0 unspecified atom stereocenters. The molecule has 3 nitrogen and oxygen atoms in total. The fourth-order valence-corrected chi connectivity index (χ4v) is 2.50. The van der Waals surface area contributed by atoms with Crippen LogP contribution in [0.15, 0.2) is 24.3 Å². The molecule has 1 N–H and O–H groups in total. The number of carboxylic acid groups (broad SMARTS) is 1. The second kappa shape index (κ2) is 4.63. The van der Waals surface area contributed by atoms with Crippen LogP contribution in [-0.2, 0) is 11.2 Å². The number of hydrogen-bond donors (Lipinski definition) is 1. The molecule has 2 aromatic rings. The van der Waals surface area contributed by atoms with Gasteiger partial charge in [0, 0.05) is 10.4 Å². The lowest BCUT2D eigenvalue weighted by atomic mass is 10.2. The van der Waals surface area contributed by atoms with Crippen molar-refractivity contribution in [1.82, 2.24) is 4.98 Å². The zero-order valence-corrected chi connectivity index (χ0v) is 9.92. The van der Waals surface area contributed by atoms with E-state index < -0.39 is 5.97 Å². The van der Waals surface area contributed by atoms with Crippen molar-refractivity contribution >= 4 is 17.3 Å². The normalized spacial score (nSPS) is 10.5. The maximum Gasteiger partial charge on any atom is 0.308 e. The molecule has 0 aliphatic carbocycles. The molecule has 0 bridgehead atoms. The molecule has 0 aliphatic rings. The van der Waals surface area contributed by atoms with E-state index >= 15 is 0 Å². The average Bonchev–Trinajstić information content (AvgIpc) is 2.60. The van der Waals surface area contributed by atoms with Crippen molar-refractivity contribution in [3.05, 3.63) is 40.7 Å². The average molecular weight is 251 g/mol. The van der Waals surface area contributed by atoms with Crippen molar-refractivity contribution in [2.75, 3.05) is 0 Å². The molecule has 1 aromatic carbocycles. The number of aromatic nitrogens is 1. The first kappa shape index (κ1) is 11.7. The van der Waals surface area contributed by atoms with Crippen molar-refractivity contribution in [1.29, 1.82) is 0 Å². The van der Waals surface area contributed by atoms with Crippen molar-refractivity contribution < 1.29 is 14.3 Å². The van der Waals surface area contributed by atoms with Gasteiger partial charge in [-0.2, -0.15) is 0 Å². The van der Waals surface area contributed by atoms with Gasteiger partial charge in [0.2, 0.25) is 0 Å². The molecule has 0 amide bonds. The largest absolute Gasteiger partial charge is 0.481 e. The Kier molecular flexibility index (Phi) is 3.19. The van der Waals surface area contributed by atoms with Crippen LogP contribution < -0.4 is 0 Å². The highest BCUT2D eigenvalue weighted by molar-refractivity contribution is 7.15. The smallest absolute Gasteiger partial charge is 0.308 e. The predicted octanol–water partition coefficient (Wildman–Crippen LogP) is 2.88. The Labute approximate surface area is 102 Å². The summed E-state index contributed by atoms with van der Waals surface area (Å²) >= 11 is 1.33. The van der Waals surface area contributed by atoms with E-state index in [4.69, 9.17) is 5.11 Å². The highest BCUT2D eigenvalue weighted by atomic mass is 32.1. The molecule has 0 radical (unpaired) electrons. The van der Waals surface area contributed by atoms with Crippen molar-refractivity contribution in [2.24, 2.45) is 0 Å². The molecule has 1 aromatic heterocycles. The molecule has 0 saturated heterocycles. The molecule has 0 saturated carbocycles. The molecule has 1 heterocycles. The van der Waals surface area contributed by atoms with Gasteiger partial charge in [-0.25, -0.2) is 9.37 Å². The summed E-state index contributed by atoms with van der Waals surface area (Å²) in [6.45, 7) is 1.78. The molecule has 0 spiro atoms. The second-order valence-electron chi connectivity index (χ2n) is 3.61. The van der Waals surface area contributed by atoms with Crippen LogP contribution in [0.3, 0.4) is 0 Å². The molecule has 2 rings (SSSR count). The van der Waals surface area contributed by atoms with E-state index in [1.807, 2.05) is 0 Å². The molecular formula is C12H10FNO2S. The lowest BCUT2D eigenvalue weighted by Gasteiger charge is -1.94. The van der Waals surface area contributed by atoms with Gasteiger partial charge >= 0.3 is 5.97 Å². The maximum atomic E-state index is 12.8. The first-order valence-corrected chi connectivity index (χ1v) is 5.82. The summed E-state index contributed by atoms with van der Waals surface area (Å²) in [6, 6.07) is 6.00. The van der Waals surface area contributed by atoms with E-state index in [1.165, 1.54) is 23.5 Å². The topological polar surface area (TPSA) is 50.2 Å². The maximum absolute atomic E-state index is 12.8. The summed E-state index contributed by atoms with van der Waals surface area (Å²) in [5, 5.41) is 9.46. The number of aryl methyl sites for hydroxylation is 1. The summed E-state index contributed by atoms with van der Waals surface area (Å²) in [5.74, 6) is -1.17. The number of thiazole rings is 1. The third kappa shape index (κ3) is 2.68. The Hall–Kier alpha value is -1.75. The summed E-state index contributed by atoms with van der Waals surface area (Å²) in [5.41, 5.74) is 1.52. The summed E-state index contributed by atoms with van der Waals surface area (Å²) in [7, 11) is 0. The highest BCUT2D eigenvalue weighted by Crippen LogP contribution is 2.28. The minimum Gasteiger partial charge on any atom is -0.481 e. The zero-order valence-electron chi connectivity index (χ0n) is 9.11. The van der Waals surface area contributed by atoms with E-state index in [2.05, 4.69) is 4.98 Å². The van der Waals surface area contributed by atoms with E-state index in [1.54, 1.807) is 19.1 Å². The number of rotatable bonds is 3. The first-order chi connectivity index (χ1) is 8.06. The molecular weight excluding hydrogens is 241 g/mol. The fraction of sp³-hybridized carbons (Fsp3) is 0.167. The summed E-state index contributed by atoms with van der Waals surface area (Å²) < 4.78 is 12.8. The van der Waals surface area contributed by atoms with Crippen LogP contribution >= 0.6 is 11.3 Å². The van der Waals surface area contributed by atoms with Crippen LogP contribution in [0.2, 0.25) is 0 Å². The molecule has 88 valence electrons. The SMILES string of the molecule is Cc1nc(-c2ccc(F)cc2)sc1CC(=O)O. The number of carboxylic acids is 1. The third-order valence-electron chi connectivity index (χ3n) is 2.30. The number of benzene rings is 1. The zero-order chi connectivity index (χ0) is 12.4. The van der Waals surface area contributed by atoms with Crippen molar-refractivity contribution in [3.63, 3.8) is 0 Å². The Balaban J connectivity index is 2.34. The number of hydrogen-bond acceptors (Lipinski definition) is 3. The number of nitrogens with zero attached hydrogens (tertiary/aromatic N) is 1. The van der Waals surface area contributed by atoms with E-state index in [0.29, 0.717) is 0 Å². The van der Waals surface area contributed by atoms with Gasteiger partial charge in [0.25, 0.3) is 0 Å². The Morgan fingerprint density at radius 3 is 2.65 bits per heavy atom. The third-order valence-corrected chi connectivity index (χ3v) is 3.50. The molecule has 0 atom stereocenters. The van der Waals surface area contributed by atoms with Gasteiger partial charge in [-0.3, -0.25) is 4.79 Å². The highest BCUT2D eigenvalue weighted by Gasteiger charge is 2.12. The Bertz CT molecular complexity index is 548. The molecule has 0 aliphatic heterocycles. The molecule has 0 fully saturated rings. The number of carbonyl (C=O) groups is 1. The lowest BCUT2D eigenvalue weighted by molar-refractivity contribution is -0.136. The Morgan fingerprint density at radius 2 is 2.06 bits per heavy atom. The van der Waals surface area contributed by atoms with Gasteiger partial charge in [-0.05, 0) is 31.2 Å². The molecule has 17 heavy (non-hydrogen) atoms. The summed E-state index contributed by atoms with van der Waals surface area (Å²) in [6.07, 6.45) is -0.0231. The number of halogens is 1. The predicted molar refractivity (Wildman–Crippen MR) is 63.6 cm³/mol.